The van der Waals surface area contributed by atoms with Crippen molar-refractivity contribution in [2.24, 2.45) is 11.3 Å². The highest BCUT2D eigenvalue weighted by atomic mass is 16.4. The molecular formula is C17H24N2O4. The first-order valence-electron chi connectivity index (χ1n) is 8.32. The number of likely N-dealkylation sites (tertiary alicyclic amines) is 1. The Morgan fingerprint density at radius 2 is 2.39 bits per heavy atom. The normalized spacial score (nSPS) is 27.7. The molecule has 2 heterocycles. The lowest BCUT2D eigenvalue weighted by Gasteiger charge is -2.24. The summed E-state index contributed by atoms with van der Waals surface area (Å²) < 4.78 is 5.29. The maximum absolute atomic E-state index is 12.4. The molecule has 1 saturated heterocycles. The Morgan fingerprint density at radius 1 is 1.57 bits per heavy atom. The van der Waals surface area contributed by atoms with Crippen LogP contribution in [0.5, 0.6) is 0 Å². The van der Waals surface area contributed by atoms with Crippen LogP contribution in [0.15, 0.2) is 22.8 Å². The van der Waals surface area contributed by atoms with E-state index in [1.54, 1.807) is 11.2 Å². The lowest BCUT2D eigenvalue weighted by atomic mass is 9.81. The maximum Gasteiger partial charge on any atom is 0.317 e. The van der Waals surface area contributed by atoms with E-state index in [0.29, 0.717) is 19.5 Å². The minimum absolute atomic E-state index is 0.0221. The number of rotatable bonds is 5. The number of carboxylic acids is 1. The van der Waals surface area contributed by atoms with E-state index in [9.17, 15) is 14.7 Å². The van der Waals surface area contributed by atoms with E-state index >= 15 is 0 Å². The molecule has 0 radical (unpaired) electrons. The van der Waals surface area contributed by atoms with Crippen molar-refractivity contribution in [3.05, 3.63) is 24.2 Å². The molecule has 126 valence electrons. The van der Waals surface area contributed by atoms with E-state index in [4.69, 9.17) is 4.42 Å². The number of nitrogens with zero attached hydrogens (tertiary/aromatic N) is 1. The Labute approximate surface area is 135 Å². The Kier molecular flexibility index (Phi) is 4.33. The first-order valence-corrected chi connectivity index (χ1v) is 8.32. The van der Waals surface area contributed by atoms with Crippen LogP contribution in [-0.4, -0.2) is 41.1 Å². The van der Waals surface area contributed by atoms with Gasteiger partial charge in [-0.3, -0.25) is 4.79 Å². The molecule has 2 fully saturated rings. The van der Waals surface area contributed by atoms with E-state index in [-0.39, 0.29) is 18.0 Å². The molecule has 1 saturated carbocycles. The molecule has 0 bridgehead atoms. The predicted molar refractivity (Wildman–Crippen MR) is 84.0 cm³/mol. The van der Waals surface area contributed by atoms with Gasteiger partial charge in [-0.15, -0.1) is 0 Å². The van der Waals surface area contributed by atoms with Gasteiger partial charge >= 0.3 is 12.0 Å². The fourth-order valence-electron chi connectivity index (χ4n) is 3.98. The molecule has 2 aliphatic rings. The number of carbonyl (C=O) groups is 2. The Morgan fingerprint density at radius 3 is 3.04 bits per heavy atom. The highest BCUT2D eigenvalue weighted by Gasteiger charge is 2.55. The molecule has 6 nitrogen and oxygen atoms in total. The van der Waals surface area contributed by atoms with Gasteiger partial charge in [0.1, 0.15) is 5.76 Å². The van der Waals surface area contributed by atoms with Crippen molar-refractivity contribution >= 4 is 12.0 Å². The Bertz CT molecular complexity index is 571. The summed E-state index contributed by atoms with van der Waals surface area (Å²) in [5.74, 6) is 0.261. The zero-order chi connectivity index (χ0) is 16.4. The van der Waals surface area contributed by atoms with E-state index < -0.39 is 11.4 Å². The zero-order valence-corrected chi connectivity index (χ0v) is 13.5. The van der Waals surface area contributed by atoms with Crippen LogP contribution in [0.4, 0.5) is 4.79 Å². The van der Waals surface area contributed by atoms with Gasteiger partial charge in [0.2, 0.25) is 0 Å². The summed E-state index contributed by atoms with van der Waals surface area (Å²) in [6.45, 7) is 2.86. The van der Waals surface area contributed by atoms with Crippen molar-refractivity contribution in [3.63, 3.8) is 0 Å². The number of fused-ring (bicyclic) bond motifs is 1. The summed E-state index contributed by atoms with van der Waals surface area (Å²) in [4.78, 5) is 25.8. The first kappa shape index (κ1) is 15.9. The second-order valence-electron chi connectivity index (χ2n) is 6.90. The smallest absolute Gasteiger partial charge is 0.317 e. The van der Waals surface area contributed by atoms with Crippen molar-refractivity contribution < 1.29 is 19.1 Å². The van der Waals surface area contributed by atoms with Crippen molar-refractivity contribution in [1.29, 1.82) is 0 Å². The molecule has 3 rings (SSSR count). The molecule has 3 atom stereocenters. The molecule has 1 aromatic heterocycles. The SMILES string of the molecule is CC(CCc1ccco1)NC(=O)N1C[C@@H]2CCC[C@@]2(C(=O)O)C1. The van der Waals surface area contributed by atoms with Gasteiger partial charge in [0.15, 0.2) is 0 Å². The van der Waals surface area contributed by atoms with Gasteiger partial charge < -0.3 is 19.7 Å². The van der Waals surface area contributed by atoms with Gasteiger partial charge in [-0.2, -0.15) is 0 Å². The Hall–Kier alpha value is -1.98. The molecule has 0 aromatic carbocycles. The van der Waals surface area contributed by atoms with Crippen LogP contribution in [-0.2, 0) is 11.2 Å². The number of carbonyl (C=O) groups excluding carboxylic acids is 1. The average Bonchev–Trinajstić information content (AvgIpc) is 3.20. The van der Waals surface area contributed by atoms with Crippen molar-refractivity contribution in [2.45, 2.75) is 45.1 Å². The molecule has 1 aliphatic heterocycles. The number of aryl methyl sites for hydroxylation is 1. The van der Waals surface area contributed by atoms with E-state index in [2.05, 4.69) is 5.32 Å². The van der Waals surface area contributed by atoms with Gasteiger partial charge in [0.05, 0.1) is 11.7 Å². The highest BCUT2D eigenvalue weighted by Crippen LogP contribution is 2.48. The highest BCUT2D eigenvalue weighted by molar-refractivity contribution is 5.80. The van der Waals surface area contributed by atoms with Crippen LogP contribution in [0.25, 0.3) is 0 Å². The summed E-state index contributed by atoms with van der Waals surface area (Å²) in [5.41, 5.74) is -0.714. The van der Waals surface area contributed by atoms with Gasteiger partial charge in [-0.05, 0) is 44.2 Å². The summed E-state index contributed by atoms with van der Waals surface area (Å²) in [6.07, 6.45) is 5.75. The largest absolute Gasteiger partial charge is 0.481 e. The number of nitrogens with one attached hydrogen (secondary N) is 1. The molecule has 1 aromatic rings. The van der Waals surface area contributed by atoms with E-state index in [1.165, 1.54) is 0 Å². The van der Waals surface area contributed by atoms with Crippen molar-refractivity contribution in [2.75, 3.05) is 13.1 Å². The third-order valence-corrected chi connectivity index (χ3v) is 5.36. The fraction of sp³-hybridized carbons (Fsp3) is 0.647. The average molecular weight is 320 g/mol. The van der Waals surface area contributed by atoms with Gasteiger partial charge in [0.25, 0.3) is 0 Å². The minimum atomic E-state index is -0.749. The zero-order valence-electron chi connectivity index (χ0n) is 13.5. The number of hydrogen-bond acceptors (Lipinski definition) is 3. The van der Waals surface area contributed by atoms with Gasteiger partial charge in [-0.1, -0.05) is 6.42 Å². The number of hydrogen-bond donors (Lipinski definition) is 2. The van der Waals surface area contributed by atoms with Crippen LogP contribution in [0.3, 0.4) is 0 Å². The summed E-state index contributed by atoms with van der Waals surface area (Å²) in [6, 6.07) is 3.65. The number of carboxylic acid groups (broad SMARTS) is 1. The maximum atomic E-state index is 12.4. The van der Waals surface area contributed by atoms with Crippen LogP contribution < -0.4 is 5.32 Å². The summed E-state index contributed by atoms with van der Waals surface area (Å²) in [5, 5.41) is 12.6. The standard InChI is InChI=1S/C17H24N2O4/c1-12(6-7-14-5-3-9-23-14)18-16(22)19-10-13-4-2-8-17(13,11-19)15(20)21/h3,5,9,12-13H,2,4,6-8,10-11H2,1H3,(H,18,22)(H,20,21)/t12?,13-,17+/m0/s1. The number of aliphatic carboxylic acids is 1. The monoisotopic (exact) mass is 320 g/mol. The third-order valence-electron chi connectivity index (χ3n) is 5.36. The third kappa shape index (κ3) is 3.07. The molecule has 0 spiro atoms. The molecule has 23 heavy (non-hydrogen) atoms. The Balaban J connectivity index is 1.52. The first-order chi connectivity index (χ1) is 11.0. The number of furan rings is 1. The molecule has 2 amide bonds. The number of amides is 2. The molecule has 6 heteroatoms. The minimum Gasteiger partial charge on any atom is -0.481 e. The summed E-state index contributed by atoms with van der Waals surface area (Å²) in [7, 11) is 0. The molecular weight excluding hydrogens is 296 g/mol. The number of urea groups is 1. The van der Waals surface area contributed by atoms with Crippen molar-refractivity contribution in [3.8, 4) is 0 Å². The van der Waals surface area contributed by atoms with Gasteiger partial charge in [0, 0.05) is 25.6 Å². The lowest BCUT2D eigenvalue weighted by molar-refractivity contribution is -0.149. The second kappa shape index (κ2) is 6.26. The molecule has 1 unspecified atom stereocenters. The van der Waals surface area contributed by atoms with Crippen LogP contribution in [0.1, 0.15) is 38.4 Å². The predicted octanol–water partition coefficient (Wildman–Crippen LogP) is 2.50. The lowest BCUT2D eigenvalue weighted by Crippen LogP contribution is -2.44. The second-order valence-corrected chi connectivity index (χ2v) is 6.90. The van der Waals surface area contributed by atoms with Gasteiger partial charge in [-0.25, -0.2) is 4.79 Å². The van der Waals surface area contributed by atoms with Crippen LogP contribution in [0, 0.1) is 11.3 Å². The summed E-state index contributed by atoms with van der Waals surface area (Å²) >= 11 is 0. The fourth-order valence-corrected chi connectivity index (χ4v) is 3.98. The van der Waals surface area contributed by atoms with E-state index in [1.807, 2.05) is 19.1 Å². The van der Waals surface area contributed by atoms with Crippen LogP contribution in [0.2, 0.25) is 0 Å². The molecule has 1 aliphatic carbocycles. The van der Waals surface area contributed by atoms with E-state index in [0.717, 1.165) is 31.4 Å². The topological polar surface area (TPSA) is 82.8 Å². The molecule has 2 N–H and O–H groups in total. The van der Waals surface area contributed by atoms with Crippen LogP contribution >= 0.6 is 0 Å². The van der Waals surface area contributed by atoms with Crippen molar-refractivity contribution in [1.82, 2.24) is 10.2 Å². The quantitative estimate of drug-likeness (QED) is 0.873.